The van der Waals surface area contributed by atoms with E-state index in [0.717, 1.165) is 5.70 Å². The topological polar surface area (TPSA) is 15.3 Å². The molecular formula is C14H23IN2S. The van der Waals surface area contributed by atoms with Gasteiger partial charge in [-0.25, -0.2) is 0 Å². The molecule has 1 heterocycles. The third-order valence-corrected chi connectivity index (χ3v) is 4.73. The zero-order valence-corrected chi connectivity index (χ0v) is 14.2. The summed E-state index contributed by atoms with van der Waals surface area (Å²) < 4.78 is 0.556. The lowest BCUT2D eigenvalue weighted by Crippen LogP contribution is -2.49. The van der Waals surface area contributed by atoms with E-state index in [0.29, 0.717) is 15.4 Å². The number of thiol groups is 1. The first-order chi connectivity index (χ1) is 8.55. The number of nitrogens with zero attached hydrogens (tertiary/aromatic N) is 1. The first-order valence-electron chi connectivity index (χ1n) is 6.67. The second-order valence-corrected chi connectivity index (χ2v) is 7.93. The molecule has 1 saturated heterocycles. The normalized spacial score (nSPS) is 29.8. The van der Waals surface area contributed by atoms with E-state index >= 15 is 0 Å². The maximum absolute atomic E-state index is 4.32. The largest absolute Gasteiger partial charge is 0.381 e. The number of rotatable bonds is 4. The summed E-state index contributed by atoms with van der Waals surface area (Å²) in [5.41, 5.74) is 1.70. The van der Waals surface area contributed by atoms with Crippen molar-refractivity contribution in [2.75, 3.05) is 20.1 Å². The van der Waals surface area contributed by atoms with Crippen molar-refractivity contribution in [2.24, 2.45) is 5.41 Å². The van der Waals surface area contributed by atoms with Gasteiger partial charge in [0.05, 0.1) is 0 Å². The van der Waals surface area contributed by atoms with Crippen LogP contribution >= 0.6 is 35.2 Å². The Hall–Kier alpha value is 0.320. The molecule has 18 heavy (non-hydrogen) atoms. The van der Waals surface area contributed by atoms with Gasteiger partial charge in [0.25, 0.3) is 0 Å². The fourth-order valence-corrected chi connectivity index (χ4v) is 3.21. The Balaban J connectivity index is 1.96. The maximum Gasteiger partial charge on any atom is 0.0401 e. The molecule has 2 rings (SSSR count). The van der Waals surface area contributed by atoms with Crippen molar-refractivity contribution in [3.8, 4) is 0 Å². The number of piperidine rings is 1. The van der Waals surface area contributed by atoms with Crippen LogP contribution in [0.3, 0.4) is 0 Å². The maximum atomic E-state index is 4.32. The zero-order valence-electron chi connectivity index (χ0n) is 11.2. The van der Waals surface area contributed by atoms with Crippen molar-refractivity contribution < 1.29 is 0 Å². The quantitative estimate of drug-likeness (QED) is 0.338. The van der Waals surface area contributed by atoms with Gasteiger partial charge in [-0.15, -0.1) is 12.6 Å². The Morgan fingerprint density at radius 3 is 2.83 bits per heavy atom. The number of nitrogens with one attached hydrogen (secondary N) is 1. The molecule has 2 aliphatic rings. The Morgan fingerprint density at radius 1 is 1.56 bits per heavy atom. The lowest BCUT2D eigenvalue weighted by Gasteiger charge is -2.38. The first-order valence-corrected chi connectivity index (χ1v) is 8.44. The van der Waals surface area contributed by atoms with Crippen molar-refractivity contribution in [3.63, 3.8) is 0 Å². The summed E-state index contributed by atoms with van der Waals surface area (Å²) in [4.78, 5) is 2.47. The summed E-state index contributed by atoms with van der Waals surface area (Å²) in [7, 11) is 2.24. The highest BCUT2D eigenvalue weighted by Gasteiger charge is 2.51. The molecule has 0 radical (unpaired) electrons. The van der Waals surface area contributed by atoms with Gasteiger partial charge in [0.2, 0.25) is 0 Å². The predicted molar refractivity (Wildman–Crippen MR) is 90.4 cm³/mol. The molecule has 2 fully saturated rings. The molecule has 1 aliphatic carbocycles. The van der Waals surface area contributed by atoms with Crippen LogP contribution in [0.1, 0.15) is 26.2 Å². The molecule has 2 unspecified atom stereocenters. The van der Waals surface area contributed by atoms with E-state index < -0.39 is 0 Å². The van der Waals surface area contributed by atoms with Crippen LogP contribution < -0.4 is 5.32 Å². The first kappa shape index (κ1) is 14.7. The van der Waals surface area contributed by atoms with Crippen LogP contribution in [-0.4, -0.2) is 35.0 Å². The number of allylic oxidation sites excluding steroid dienone is 2. The van der Waals surface area contributed by atoms with Crippen LogP contribution in [0, 0.1) is 5.41 Å². The van der Waals surface area contributed by atoms with Gasteiger partial charge in [-0.05, 0) is 51.3 Å². The van der Waals surface area contributed by atoms with Gasteiger partial charge >= 0.3 is 0 Å². The third kappa shape index (κ3) is 3.67. The second-order valence-electron chi connectivity index (χ2n) is 5.71. The van der Waals surface area contributed by atoms with Crippen LogP contribution in [0.15, 0.2) is 23.3 Å². The molecule has 1 saturated carbocycles. The van der Waals surface area contributed by atoms with Crippen molar-refractivity contribution >= 4 is 35.2 Å². The van der Waals surface area contributed by atoms with E-state index in [1.807, 2.05) is 5.41 Å². The smallest absolute Gasteiger partial charge is 0.0401 e. The Kier molecular flexibility index (Phi) is 5.06. The molecule has 0 bridgehead atoms. The summed E-state index contributed by atoms with van der Waals surface area (Å²) in [6.45, 7) is 4.63. The molecule has 2 nitrogen and oxygen atoms in total. The van der Waals surface area contributed by atoms with Crippen LogP contribution in [0.2, 0.25) is 0 Å². The Morgan fingerprint density at radius 2 is 2.28 bits per heavy atom. The van der Waals surface area contributed by atoms with Gasteiger partial charge < -0.3 is 10.2 Å². The van der Waals surface area contributed by atoms with Gasteiger partial charge in [0.15, 0.2) is 0 Å². The second kappa shape index (κ2) is 6.18. The number of alkyl halides is 1. The summed E-state index contributed by atoms with van der Waals surface area (Å²) in [5, 5.41) is 5.60. The van der Waals surface area contributed by atoms with Crippen LogP contribution in [0.4, 0.5) is 0 Å². The molecule has 0 aromatic heterocycles. The fraction of sp³-hybridized carbons (Fsp3) is 0.714. The lowest BCUT2D eigenvalue weighted by atomic mass is 9.89. The van der Waals surface area contributed by atoms with Crippen LogP contribution in [0.5, 0.6) is 0 Å². The SMILES string of the molecule is CC(I)/C=C\C(=C\S)NC1CCN(C)CC12CC2. The molecule has 0 amide bonds. The van der Waals surface area contributed by atoms with Crippen LogP contribution in [-0.2, 0) is 0 Å². The van der Waals surface area contributed by atoms with Crippen molar-refractivity contribution in [1.29, 1.82) is 0 Å². The molecule has 2 atom stereocenters. The van der Waals surface area contributed by atoms with Crippen molar-refractivity contribution in [3.05, 3.63) is 23.3 Å². The minimum absolute atomic E-state index is 0.540. The van der Waals surface area contributed by atoms with E-state index in [9.17, 15) is 0 Å². The zero-order chi connectivity index (χ0) is 13.2. The van der Waals surface area contributed by atoms with Gasteiger partial charge in [-0.2, -0.15) is 0 Å². The minimum atomic E-state index is 0.540. The van der Waals surface area contributed by atoms with Gasteiger partial charge in [-0.3, -0.25) is 0 Å². The van der Waals surface area contributed by atoms with Crippen molar-refractivity contribution in [1.82, 2.24) is 10.2 Å². The number of hydrogen-bond acceptors (Lipinski definition) is 3. The summed E-state index contributed by atoms with van der Waals surface area (Å²) in [6.07, 6.45) is 8.38. The van der Waals surface area contributed by atoms with E-state index in [4.69, 9.17) is 0 Å². The van der Waals surface area contributed by atoms with Gasteiger partial charge in [0, 0.05) is 27.6 Å². The highest BCUT2D eigenvalue weighted by molar-refractivity contribution is 14.1. The van der Waals surface area contributed by atoms with Gasteiger partial charge in [-0.1, -0.05) is 28.7 Å². The molecule has 1 N–H and O–H groups in total. The summed E-state index contributed by atoms with van der Waals surface area (Å²) in [5.74, 6) is 0. The average Bonchev–Trinajstić information content (AvgIpc) is 3.07. The monoisotopic (exact) mass is 378 g/mol. The predicted octanol–water partition coefficient (Wildman–Crippen LogP) is 3.21. The standard InChI is InChI=1S/C14H23IN2S/c1-11(15)3-4-12(9-18)16-13-5-8-17(2)10-14(13)6-7-14/h3-4,9,11,13,16,18H,5-8,10H2,1-2H3/b4-3-,12-9-. The Bertz CT molecular complexity index is 348. The molecule has 0 aromatic carbocycles. The van der Waals surface area contributed by atoms with Gasteiger partial charge in [0.1, 0.15) is 0 Å². The van der Waals surface area contributed by atoms with E-state index in [2.05, 4.69) is 71.6 Å². The van der Waals surface area contributed by atoms with Crippen LogP contribution in [0.25, 0.3) is 0 Å². The Labute approximate surface area is 130 Å². The summed E-state index contributed by atoms with van der Waals surface area (Å²) >= 11 is 6.74. The summed E-state index contributed by atoms with van der Waals surface area (Å²) in [6, 6.07) is 0.626. The number of halogens is 1. The van der Waals surface area contributed by atoms with E-state index in [1.165, 1.54) is 32.4 Å². The minimum Gasteiger partial charge on any atom is -0.381 e. The molecule has 0 aromatic rings. The van der Waals surface area contributed by atoms with Crippen molar-refractivity contribution in [2.45, 2.75) is 36.2 Å². The molecule has 1 spiro atoms. The van der Waals surface area contributed by atoms with E-state index in [-0.39, 0.29) is 0 Å². The molecule has 102 valence electrons. The fourth-order valence-electron chi connectivity index (χ4n) is 2.84. The highest BCUT2D eigenvalue weighted by atomic mass is 127. The molecule has 4 heteroatoms. The number of hydrogen-bond donors (Lipinski definition) is 2. The molecular weight excluding hydrogens is 355 g/mol. The number of likely N-dealkylation sites (tertiary alicyclic amines) is 1. The third-order valence-electron chi connectivity index (χ3n) is 4.04. The molecule has 1 aliphatic heterocycles. The van der Waals surface area contributed by atoms with E-state index in [1.54, 1.807) is 0 Å². The average molecular weight is 378 g/mol. The lowest BCUT2D eigenvalue weighted by molar-refractivity contribution is 0.154. The highest BCUT2D eigenvalue weighted by Crippen LogP contribution is 2.52.